The number of hydrazine groups is 1. The maximum atomic E-state index is 6.12. The number of hydrogen-bond donors (Lipinski definition) is 2. The molecular weight excluding hydrogens is 259 g/mol. The minimum atomic E-state index is -0.0452. The molecule has 0 fully saturated rings. The van der Waals surface area contributed by atoms with Crippen molar-refractivity contribution in [2.45, 2.75) is 18.9 Å². The van der Waals surface area contributed by atoms with Crippen LogP contribution in [0.25, 0.3) is 0 Å². The smallest absolute Gasteiger partial charge is 0.111 e. The van der Waals surface area contributed by atoms with Gasteiger partial charge in [0.1, 0.15) is 5.76 Å². The van der Waals surface area contributed by atoms with Gasteiger partial charge in [0.15, 0.2) is 0 Å². The van der Waals surface area contributed by atoms with Crippen LogP contribution in [-0.2, 0) is 11.2 Å². The lowest BCUT2D eigenvalue weighted by molar-refractivity contribution is 0.214. The summed E-state index contributed by atoms with van der Waals surface area (Å²) in [5, 5.41) is 1.28. The molecule has 17 heavy (non-hydrogen) atoms. The lowest BCUT2D eigenvalue weighted by Crippen LogP contribution is -2.38. The molecule has 0 spiro atoms. The maximum absolute atomic E-state index is 6.12. The van der Waals surface area contributed by atoms with Crippen LogP contribution in [0, 0.1) is 0 Å². The summed E-state index contributed by atoms with van der Waals surface area (Å²) < 4.78 is 5.49. The topological polar surface area (TPSA) is 47.3 Å². The fourth-order valence-electron chi connectivity index (χ4n) is 1.83. The van der Waals surface area contributed by atoms with Gasteiger partial charge in [-0.15, -0.1) is 0 Å². The highest BCUT2D eigenvalue weighted by atomic mass is 35.5. The summed E-state index contributed by atoms with van der Waals surface area (Å²) in [6.45, 7) is 0.724. The van der Waals surface area contributed by atoms with Gasteiger partial charge in [-0.3, -0.25) is 5.84 Å². The summed E-state index contributed by atoms with van der Waals surface area (Å²) >= 11 is 12.0. The highest BCUT2D eigenvalue weighted by Crippen LogP contribution is 2.24. The molecule has 1 heterocycles. The van der Waals surface area contributed by atoms with Crippen LogP contribution in [-0.4, -0.2) is 12.6 Å². The first-order valence-electron chi connectivity index (χ1n) is 5.43. The molecule has 0 aromatic heterocycles. The summed E-state index contributed by atoms with van der Waals surface area (Å²) in [7, 11) is 0. The van der Waals surface area contributed by atoms with Gasteiger partial charge >= 0.3 is 0 Å². The Morgan fingerprint density at radius 2 is 2.24 bits per heavy atom. The van der Waals surface area contributed by atoms with E-state index in [0.29, 0.717) is 16.5 Å². The van der Waals surface area contributed by atoms with Crippen LogP contribution >= 0.6 is 23.2 Å². The molecule has 1 aliphatic heterocycles. The second-order valence-corrected chi connectivity index (χ2v) is 4.75. The number of halogens is 2. The van der Waals surface area contributed by atoms with Gasteiger partial charge < -0.3 is 4.74 Å². The zero-order valence-corrected chi connectivity index (χ0v) is 10.8. The Hall–Kier alpha value is -0.740. The highest BCUT2D eigenvalue weighted by Gasteiger charge is 2.19. The van der Waals surface area contributed by atoms with Crippen LogP contribution in [0.5, 0.6) is 0 Å². The third-order valence-electron chi connectivity index (χ3n) is 2.72. The molecule has 1 aromatic carbocycles. The van der Waals surface area contributed by atoms with E-state index in [0.717, 1.165) is 24.4 Å². The minimum Gasteiger partial charge on any atom is -0.496 e. The second kappa shape index (κ2) is 5.74. The van der Waals surface area contributed by atoms with Crippen molar-refractivity contribution in [3.8, 4) is 0 Å². The average Bonchev–Trinajstić information content (AvgIpc) is 2.81. The molecule has 0 saturated carbocycles. The van der Waals surface area contributed by atoms with Crippen LogP contribution in [0.3, 0.4) is 0 Å². The van der Waals surface area contributed by atoms with Crippen LogP contribution in [0.4, 0.5) is 0 Å². The molecule has 3 N–H and O–H groups in total. The SMILES string of the molecule is NNC(Cc1ccc(Cl)cc1Cl)C1=CCCO1. The standard InChI is InChI=1S/C12H14Cl2N2O/c13-9-4-3-8(10(14)7-9)6-11(16-15)12-2-1-5-17-12/h2-4,7,11,16H,1,5-6,15H2. The summed E-state index contributed by atoms with van der Waals surface area (Å²) in [6, 6.07) is 5.41. The molecule has 0 bridgehead atoms. The van der Waals surface area contributed by atoms with Gasteiger partial charge in [0.25, 0.3) is 0 Å². The molecule has 5 heteroatoms. The van der Waals surface area contributed by atoms with Gasteiger partial charge in [-0.25, -0.2) is 5.43 Å². The average molecular weight is 273 g/mol. The Morgan fingerprint density at radius 3 is 2.82 bits per heavy atom. The zero-order chi connectivity index (χ0) is 12.3. The second-order valence-electron chi connectivity index (χ2n) is 3.90. The van der Waals surface area contributed by atoms with E-state index < -0.39 is 0 Å². The van der Waals surface area contributed by atoms with Gasteiger partial charge in [0, 0.05) is 16.5 Å². The van der Waals surface area contributed by atoms with Crippen molar-refractivity contribution in [1.82, 2.24) is 5.43 Å². The highest BCUT2D eigenvalue weighted by molar-refractivity contribution is 6.35. The molecule has 0 saturated heterocycles. The molecule has 0 aliphatic carbocycles. The number of hydrogen-bond acceptors (Lipinski definition) is 3. The number of benzene rings is 1. The molecule has 2 rings (SSSR count). The van der Waals surface area contributed by atoms with E-state index in [-0.39, 0.29) is 6.04 Å². The predicted molar refractivity (Wildman–Crippen MR) is 69.9 cm³/mol. The van der Waals surface area contributed by atoms with Crippen LogP contribution in [0.1, 0.15) is 12.0 Å². The van der Waals surface area contributed by atoms with Gasteiger partial charge in [-0.2, -0.15) is 0 Å². The quantitative estimate of drug-likeness (QED) is 0.655. The van der Waals surface area contributed by atoms with Crippen molar-refractivity contribution in [3.05, 3.63) is 45.6 Å². The van der Waals surface area contributed by atoms with E-state index in [2.05, 4.69) is 5.43 Å². The molecule has 1 aromatic rings. The molecular formula is C12H14Cl2N2O. The largest absolute Gasteiger partial charge is 0.496 e. The van der Waals surface area contributed by atoms with Gasteiger partial charge in [-0.1, -0.05) is 29.3 Å². The van der Waals surface area contributed by atoms with Crippen molar-refractivity contribution in [2.24, 2.45) is 5.84 Å². The lowest BCUT2D eigenvalue weighted by Gasteiger charge is -2.17. The third-order valence-corrected chi connectivity index (χ3v) is 3.30. The number of rotatable bonds is 4. The predicted octanol–water partition coefficient (Wildman–Crippen LogP) is 2.67. The zero-order valence-electron chi connectivity index (χ0n) is 9.25. The molecule has 1 unspecified atom stereocenters. The van der Waals surface area contributed by atoms with Gasteiger partial charge in [0.2, 0.25) is 0 Å². The minimum absolute atomic E-state index is 0.0452. The van der Waals surface area contributed by atoms with Gasteiger partial charge in [-0.05, 0) is 30.2 Å². The van der Waals surface area contributed by atoms with Crippen molar-refractivity contribution >= 4 is 23.2 Å². The first-order chi connectivity index (χ1) is 8.20. The summed E-state index contributed by atoms with van der Waals surface area (Å²) in [6.07, 6.45) is 3.66. The molecule has 1 aliphatic rings. The van der Waals surface area contributed by atoms with E-state index in [4.69, 9.17) is 33.8 Å². The lowest BCUT2D eigenvalue weighted by atomic mass is 10.0. The van der Waals surface area contributed by atoms with Crippen molar-refractivity contribution in [3.63, 3.8) is 0 Å². The monoisotopic (exact) mass is 272 g/mol. The number of nitrogens with two attached hydrogens (primary N) is 1. The molecule has 92 valence electrons. The Labute approximate surface area is 111 Å². The fourth-order valence-corrected chi connectivity index (χ4v) is 2.31. The van der Waals surface area contributed by atoms with Crippen LogP contribution in [0.2, 0.25) is 10.0 Å². The Balaban J connectivity index is 2.12. The summed E-state index contributed by atoms with van der Waals surface area (Å²) in [5.74, 6) is 6.43. The van der Waals surface area contributed by atoms with Crippen LogP contribution in [0.15, 0.2) is 30.0 Å². The first-order valence-corrected chi connectivity index (χ1v) is 6.19. The Kier molecular flexibility index (Phi) is 4.29. The molecule has 0 radical (unpaired) electrons. The summed E-state index contributed by atoms with van der Waals surface area (Å²) in [4.78, 5) is 0. The Bertz CT molecular complexity index is 435. The fraction of sp³-hybridized carbons (Fsp3) is 0.333. The van der Waals surface area contributed by atoms with E-state index in [1.165, 1.54) is 0 Å². The Morgan fingerprint density at radius 1 is 1.41 bits per heavy atom. The summed E-state index contributed by atoms with van der Waals surface area (Å²) in [5.41, 5.74) is 3.75. The van der Waals surface area contributed by atoms with Crippen molar-refractivity contribution < 1.29 is 4.74 Å². The maximum Gasteiger partial charge on any atom is 0.111 e. The molecule has 0 amide bonds. The van der Waals surface area contributed by atoms with Crippen molar-refractivity contribution in [2.75, 3.05) is 6.61 Å². The van der Waals surface area contributed by atoms with E-state index in [1.807, 2.05) is 18.2 Å². The first kappa shape index (κ1) is 12.7. The van der Waals surface area contributed by atoms with Crippen molar-refractivity contribution in [1.29, 1.82) is 0 Å². The number of ether oxygens (including phenoxy) is 1. The number of nitrogens with one attached hydrogen (secondary N) is 1. The van der Waals surface area contributed by atoms with Gasteiger partial charge in [0.05, 0.1) is 12.6 Å². The third kappa shape index (κ3) is 3.13. The normalized spacial score (nSPS) is 16.5. The van der Waals surface area contributed by atoms with E-state index in [9.17, 15) is 0 Å². The van der Waals surface area contributed by atoms with E-state index in [1.54, 1.807) is 6.07 Å². The molecule has 1 atom stereocenters. The van der Waals surface area contributed by atoms with Crippen LogP contribution < -0.4 is 11.3 Å². The van der Waals surface area contributed by atoms with E-state index >= 15 is 0 Å². The molecule has 3 nitrogen and oxygen atoms in total.